The Morgan fingerprint density at radius 2 is 1.20 bits per heavy atom. The number of benzene rings is 2. The lowest BCUT2D eigenvalue weighted by Crippen LogP contribution is -2.63. The van der Waals surface area contributed by atoms with Crippen molar-refractivity contribution in [1.29, 1.82) is 0 Å². The molecule has 0 aliphatic carbocycles. The molecule has 0 amide bonds. The van der Waals surface area contributed by atoms with Gasteiger partial charge in [0.2, 0.25) is 8.07 Å². The zero-order chi connectivity index (χ0) is 14.6. The van der Waals surface area contributed by atoms with Gasteiger partial charge in [-0.3, -0.25) is 0 Å². The van der Waals surface area contributed by atoms with E-state index in [4.69, 9.17) is 11.6 Å². The van der Waals surface area contributed by atoms with Crippen LogP contribution in [0.3, 0.4) is 0 Å². The quantitative estimate of drug-likeness (QED) is 0.584. The van der Waals surface area contributed by atoms with Crippen LogP contribution in [-0.4, -0.2) is 8.07 Å². The molecule has 0 bridgehead atoms. The van der Waals surface area contributed by atoms with E-state index >= 15 is 0 Å². The molecule has 0 spiro atoms. The molecule has 0 aliphatic heterocycles. The van der Waals surface area contributed by atoms with Crippen LogP contribution in [0.2, 0.25) is 5.04 Å². The standard InChI is InChI=1S/C18H19ClSi/c1-18(2,3)20(15-14-19,16-10-6-4-7-11-16)17-12-8-5-9-13-17/h4-13H,1-3H3. The van der Waals surface area contributed by atoms with Crippen LogP contribution in [0.1, 0.15) is 20.8 Å². The van der Waals surface area contributed by atoms with E-state index in [0.29, 0.717) is 0 Å². The molecule has 2 aromatic carbocycles. The molecule has 0 unspecified atom stereocenters. The minimum absolute atomic E-state index is 0.0532. The van der Waals surface area contributed by atoms with E-state index in [1.807, 2.05) is 12.1 Å². The predicted octanol–water partition coefficient (Wildman–Crippen LogP) is 3.79. The molecule has 0 saturated carbocycles. The SMILES string of the molecule is CC(C)(C)[Si](C#CCl)(c1ccccc1)c1ccccc1. The third-order valence-corrected chi connectivity index (χ3v) is 9.18. The topological polar surface area (TPSA) is 0 Å². The van der Waals surface area contributed by atoms with Gasteiger partial charge in [-0.25, -0.2) is 0 Å². The van der Waals surface area contributed by atoms with E-state index in [1.165, 1.54) is 10.4 Å². The van der Waals surface area contributed by atoms with Crippen molar-refractivity contribution in [2.45, 2.75) is 25.8 Å². The van der Waals surface area contributed by atoms with Crippen LogP contribution >= 0.6 is 11.6 Å². The summed E-state index contributed by atoms with van der Waals surface area (Å²) < 4.78 is 0. The van der Waals surface area contributed by atoms with Gasteiger partial charge in [0.25, 0.3) is 0 Å². The maximum absolute atomic E-state index is 5.87. The molecule has 0 radical (unpaired) electrons. The van der Waals surface area contributed by atoms with E-state index in [9.17, 15) is 0 Å². The summed E-state index contributed by atoms with van der Waals surface area (Å²) in [6.07, 6.45) is 0. The van der Waals surface area contributed by atoms with Crippen LogP contribution in [-0.2, 0) is 0 Å². The Bertz CT molecular complexity index is 576. The second-order valence-corrected chi connectivity index (χ2v) is 10.5. The fourth-order valence-corrected chi connectivity index (χ4v) is 7.49. The third kappa shape index (κ3) is 2.54. The molecule has 2 aromatic rings. The zero-order valence-electron chi connectivity index (χ0n) is 12.2. The Morgan fingerprint density at radius 3 is 1.50 bits per heavy atom. The minimum Gasteiger partial charge on any atom is -0.102 e. The fraction of sp³-hybridized carbons (Fsp3) is 0.222. The van der Waals surface area contributed by atoms with Crippen LogP contribution in [0.25, 0.3) is 0 Å². The molecule has 0 fully saturated rings. The second-order valence-electron chi connectivity index (χ2n) is 5.95. The van der Waals surface area contributed by atoms with Crippen molar-refractivity contribution in [3.05, 3.63) is 60.7 Å². The third-order valence-electron chi connectivity index (χ3n) is 3.77. The summed E-state index contributed by atoms with van der Waals surface area (Å²) in [4.78, 5) is 0. The minimum atomic E-state index is -2.24. The van der Waals surface area contributed by atoms with Crippen LogP contribution in [0.4, 0.5) is 0 Å². The Balaban J connectivity index is 2.80. The lowest BCUT2D eigenvalue weighted by atomic mass is 10.2. The number of hydrogen-bond donors (Lipinski definition) is 0. The molecule has 0 heterocycles. The van der Waals surface area contributed by atoms with Gasteiger partial charge in [0.1, 0.15) is 0 Å². The monoisotopic (exact) mass is 298 g/mol. The first-order valence-corrected chi connectivity index (χ1v) is 9.14. The van der Waals surface area contributed by atoms with Gasteiger partial charge in [-0.05, 0) is 32.4 Å². The molecule has 20 heavy (non-hydrogen) atoms. The highest BCUT2D eigenvalue weighted by molar-refractivity contribution is 7.10. The maximum atomic E-state index is 5.87. The first-order valence-electron chi connectivity index (χ1n) is 6.76. The van der Waals surface area contributed by atoms with Crippen molar-refractivity contribution in [3.8, 4) is 10.9 Å². The Morgan fingerprint density at radius 1 is 0.800 bits per heavy atom. The van der Waals surface area contributed by atoms with Gasteiger partial charge in [0, 0.05) is 0 Å². The summed E-state index contributed by atoms with van der Waals surface area (Å²) in [5.41, 5.74) is 3.42. The van der Waals surface area contributed by atoms with E-state index in [0.717, 1.165) is 0 Å². The van der Waals surface area contributed by atoms with Gasteiger partial charge in [0.05, 0.1) is 0 Å². The number of halogens is 1. The largest absolute Gasteiger partial charge is 0.206 e. The molecule has 0 aromatic heterocycles. The summed E-state index contributed by atoms with van der Waals surface area (Å²) >= 11 is 5.87. The molecule has 2 rings (SSSR count). The first kappa shape index (κ1) is 14.9. The maximum Gasteiger partial charge on any atom is 0.206 e. The first-order chi connectivity index (χ1) is 9.52. The predicted molar refractivity (Wildman–Crippen MR) is 91.3 cm³/mol. The summed E-state index contributed by atoms with van der Waals surface area (Å²) in [7, 11) is -2.24. The van der Waals surface area contributed by atoms with Crippen molar-refractivity contribution in [2.75, 3.05) is 0 Å². The fourth-order valence-electron chi connectivity index (χ4n) is 2.81. The van der Waals surface area contributed by atoms with Gasteiger partial charge in [0.15, 0.2) is 0 Å². The van der Waals surface area contributed by atoms with Crippen molar-refractivity contribution in [2.24, 2.45) is 0 Å². The lowest BCUT2D eigenvalue weighted by molar-refractivity contribution is 0.740. The van der Waals surface area contributed by atoms with E-state index in [2.05, 4.69) is 80.2 Å². The zero-order valence-corrected chi connectivity index (χ0v) is 13.9. The highest BCUT2D eigenvalue weighted by Gasteiger charge is 2.46. The molecule has 0 aliphatic rings. The molecule has 102 valence electrons. The van der Waals surface area contributed by atoms with Crippen molar-refractivity contribution in [1.82, 2.24) is 0 Å². The van der Waals surface area contributed by atoms with Crippen molar-refractivity contribution < 1.29 is 0 Å². The van der Waals surface area contributed by atoms with Gasteiger partial charge < -0.3 is 0 Å². The summed E-state index contributed by atoms with van der Waals surface area (Å²) in [6, 6.07) is 21.2. The van der Waals surface area contributed by atoms with Crippen LogP contribution in [0, 0.1) is 10.9 Å². The number of rotatable bonds is 2. The molecule has 2 heteroatoms. The van der Waals surface area contributed by atoms with Crippen molar-refractivity contribution in [3.63, 3.8) is 0 Å². The highest BCUT2D eigenvalue weighted by Crippen LogP contribution is 2.35. The van der Waals surface area contributed by atoms with Gasteiger partial charge in [-0.15, -0.1) is 5.54 Å². The smallest absolute Gasteiger partial charge is 0.102 e. The normalized spacial score (nSPS) is 11.6. The summed E-state index contributed by atoms with van der Waals surface area (Å²) in [5, 5.41) is 5.37. The summed E-state index contributed by atoms with van der Waals surface area (Å²) in [5.74, 6) is 0. The second kappa shape index (κ2) is 5.87. The van der Waals surface area contributed by atoms with E-state index < -0.39 is 8.07 Å². The van der Waals surface area contributed by atoms with Crippen LogP contribution < -0.4 is 10.4 Å². The molecule has 0 N–H and O–H groups in total. The molecule has 0 atom stereocenters. The average molecular weight is 299 g/mol. The van der Waals surface area contributed by atoms with Crippen LogP contribution in [0.5, 0.6) is 0 Å². The van der Waals surface area contributed by atoms with E-state index in [-0.39, 0.29) is 5.04 Å². The molecular weight excluding hydrogens is 280 g/mol. The molecular formula is C18H19ClSi. The Hall–Kier alpha value is -1.49. The summed E-state index contributed by atoms with van der Waals surface area (Å²) in [6.45, 7) is 6.79. The average Bonchev–Trinajstić information content (AvgIpc) is 2.45. The van der Waals surface area contributed by atoms with Crippen molar-refractivity contribution >= 4 is 30.0 Å². The van der Waals surface area contributed by atoms with Gasteiger partial charge in [-0.2, -0.15) is 0 Å². The van der Waals surface area contributed by atoms with Gasteiger partial charge in [-0.1, -0.05) is 81.4 Å². The number of hydrogen-bond acceptors (Lipinski definition) is 0. The lowest BCUT2D eigenvalue weighted by Gasteiger charge is -2.39. The molecule has 0 saturated heterocycles. The molecule has 0 nitrogen and oxygen atoms in total. The Kier molecular flexibility index (Phi) is 4.38. The van der Waals surface area contributed by atoms with Crippen LogP contribution in [0.15, 0.2) is 60.7 Å². The highest BCUT2D eigenvalue weighted by atomic mass is 35.5. The van der Waals surface area contributed by atoms with Gasteiger partial charge >= 0.3 is 0 Å². The van der Waals surface area contributed by atoms with E-state index in [1.54, 1.807) is 0 Å². The Labute approximate surface area is 127 Å².